The number of hydrogen-bond acceptors (Lipinski definition) is 6. The van der Waals surface area contributed by atoms with E-state index in [9.17, 15) is 10.2 Å². The molecule has 0 aliphatic carbocycles. The molecule has 0 aromatic carbocycles. The number of rotatable bonds is 17. The summed E-state index contributed by atoms with van der Waals surface area (Å²) in [5.74, 6) is 0.598. The first-order valence-corrected chi connectivity index (χ1v) is 11.2. The first-order valence-electron chi connectivity index (χ1n) is 11.2. The largest absolute Gasteiger partial charge is 0.394 e. The van der Waals surface area contributed by atoms with Gasteiger partial charge in [-0.05, 0) is 25.2 Å². The Labute approximate surface area is 172 Å². The van der Waals surface area contributed by atoms with Crippen LogP contribution < -0.4 is 0 Å². The predicted molar refractivity (Wildman–Crippen MR) is 114 cm³/mol. The van der Waals surface area contributed by atoms with Crippen molar-refractivity contribution in [2.24, 2.45) is 5.92 Å². The fraction of sp³-hybridized carbons (Fsp3) is 1.00. The third kappa shape index (κ3) is 15.7. The van der Waals surface area contributed by atoms with Crippen molar-refractivity contribution in [1.29, 1.82) is 0 Å². The molecule has 0 rings (SSSR count). The van der Waals surface area contributed by atoms with Crippen LogP contribution in [0.5, 0.6) is 0 Å². The van der Waals surface area contributed by atoms with E-state index in [0.29, 0.717) is 25.4 Å². The number of unbranched alkanes of at least 4 members (excludes halogenated alkanes) is 4. The predicted octanol–water partition coefficient (Wildman–Crippen LogP) is 3.02. The summed E-state index contributed by atoms with van der Waals surface area (Å²) in [6, 6.07) is 0. The highest BCUT2D eigenvalue weighted by Crippen LogP contribution is 2.23. The second-order valence-electron chi connectivity index (χ2n) is 7.76. The SMILES string of the molecule is CCCCC(CC)COCC(O)CO.CCCCCCC(O)(CC)C(O)CO. The molecule has 0 aromatic rings. The smallest absolute Gasteiger partial charge is 0.106 e. The van der Waals surface area contributed by atoms with Gasteiger partial charge >= 0.3 is 0 Å². The van der Waals surface area contributed by atoms with Crippen molar-refractivity contribution in [3.63, 3.8) is 0 Å². The minimum Gasteiger partial charge on any atom is -0.394 e. The van der Waals surface area contributed by atoms with Crippen LogP contribution in [-0.2, 0) is 4.74 Å². The van der Waals surface area contributed by atoms with Crippen LogP contribution in [0.15, 0.2) is 0 Å². The second kappa shape index (κ2) is 20.0. The van der Waals surface area contributed by atoms with Crippen molar-refractivity contribution in [2.45, 2.75) is 110 Å². The van der Waals surface area contributed by atoms with Gasteiger partial charge in [-0.2, -0.15) is 0 Å². The van der Waals surface area contributed by atoms with Gasteiger partial charge in [0.15, 0.2) is 0 Å². The summed E-state index contributed by atoms with van der Waals surface area (Å²) in [6.07, 6.45) is 8.42. The van der Waals surface area contributed by atoms with Crippen LogP contribution in [0.4, 0.5) is 0 Å². The molecule has 0 bridgehead atoms. The maximum Gasteiger partial charge on any atom is 0.106 e. The molecule has 0 aliphatic heterocycles. The standard InChI is InChI=1S/2C11H24O3/c1-3-5-6-10(4-2)8-14-9-11(13)7-12;1-3-5-6-7-8-11(14,4-2)10(13)9-12/h10-13H,3-9H2,1-2H3;10,12-14H,3-9H2,1-2H3. The molecule has 0 saturated carbocycles. The molecule has 28 heavy (non-hydrogen) atoms. The molecule has 172 valence electrons. The lowest BCUT2D eigenvalue weighted by Gasteiger charge is -2.31. The summed E-state index contributed by atoms with van der Waals surface area (Å²) in [7, 11) is 0. The Morgan fingerprint density at radius 1 is 0.821 bits per heavy atom. The third-order valence-electron chi connectivity index (χ3n) is 5.29. The molecule has 5 N–H and O–H groups in total. The zero-order valence-corrected chi connectivity index (χ0v) is 18.8. The van der Waals surface area contributed by atoms with E-state index in [1.54, 1.807) is 0 Å². The number of aliphatic hydroxyl groups excluding tert-OH is 4. The van der Waals surface area contributed by atoms with E-state index in [0.717, 1.165) is 32.1 Å². The van der Waals surface area contributed by atoms with Gasteiger partial charge in [0.25, 0.3) is 0 Å². The van der Waals surface area contributed by atoms with Gasteiger partial charge in [-0.15, -0.1) is 0 Å². The van der Waals surface area contributed by atoms with E-state index < -0.39 is 17.8 Å². The first kappa shape index (κ1) is 30.0. The molecule has 0 saturated heterocycles. The van der Waals surface area contributed by atoms with Gasteiger partial charge in [-0.3, -0.25) is 0 Å². The zero-order valence-electron chi connectivity index (χ0n) is 18.8. The Morgan fingerprint density at radius 2 is 1.46 bits per heavy atom. The van der Waals surface area contributed by atoms with Gasteiger partial charge in [0.2, 0.25) is 0 Å². The van der Waals surface area contributed by atoms with Gasteiger partial charge in [-0.25, -0.2) is 0 Å². The molecule has 6 nitrogen and oxygen atoms in total. The molecular weight excluding hydrogens is 360 g/mol. The Hall–Kier alpha value is -0.240. The highest BCUT2D eigenvalue weighted by Gasteiger charge is 2.32. The summed E-state index contributed by atoms with van der Waals surface area (Å²) < 4.78 is 5.33. The monoisotopic (exact) mass is 408 g/mol. The van der Waals surface area contributed by atoms with Crippen LogP contribution in [0.3, 0.4) is 0 Å². The van der Waals surface area contributed by atoms with E-state index in [-0.39, 0.29) is 19.8 Å². The highest BCUT2D eigenvalue weighted by atomic mass is 16.5. The Balaban J connectivity index is 0. The topological polar surface area (TPSA) is 110 Å². The van der Waals surface area contributed by atoms with Crippen LogP contribution in [0, 0.1) is 5.92 Å². The Bertz CT molecular complexity index is 315. The van der Waals surface area contributed by atoms with Crippen LogP contribution in [-0.4, -0.2) is 69.8 Å². The number of hydrogen-bond donors (Lipinski definition) is 5. The molecule has 0 amide bonds. The lowest BCUT2D eigenvalue weighted by Crippen LogP contribution is -2.43. The average Bonchev–Trinajstić information content (AvgIpc) is 2.72. The van der Waals surface area contributed by atoms with E-state index in [1.165, 1.54) is 19.3 Å². The Morgan fingerprint density at radius 3 is 1.93 bits per heavy atom. The lowest BCUT2D eigenvalue weighted by atomic mass is 9.88. The average molecular weight is 409 g/mol. The fourth-order valence-electron chi connectivity index (χ4n) is 2.93. The van der Waals surface area contributed by atoms with Crippen LogP contribution >= 0.6 is 0 Å². The lowest BCUT2D eigenvalue weighted by molar-refractivity contribution is -0.102. The van der Waals surface area contributed by atoms with Crippen molar-refractivity contribution in [1.82, 2.24) is 0 Å². The zero-order chi connectivity index (χ0) is 21.8. The van der Waals surface area contributed by atoms with E-state index in [4.69, 9.17) is 20.1 Å². The first-order chi connectivity index (χ1) is 13.3. The molecule has 6 heteroatoms. The highest BCUT2D eigenvalue weighted by molar-refractivity contribution is 4.84. The summed E-state index contributed by atoms with van der Waals surface area (Å²) in [5.41, 5.74) is -1.09. The summed E-state index contributed by atoms with van der Waals surface area (Å²) in [6.45, 7) is 8.68. The summed E-state index contributed by atoms with van der Waals surface area (Å²) in [4.78, 5) is 0. The summed E-state index contributed by atoms with van der Waals surface area (Å²) >= 11 is 0. The minimum atomic E-state index is -1.09. The summed E-state index contributed by atoms with van der Waals surface area (Å²) in [5, 5.41) is 45.8. The van der Waals surface area contributed by atoms with Crippen molar-refractivity contribution >= 4 is 0 Å². The van der Waals surface area contributed by atoms with Crippen molar-refractivity contribution in [3.05, 3.63) is 0 Å². The minimum absolute atomic E-state index is 0.217. The molecule has 0 radical (unpaired) electrons. The van der Waals surface area contributed by atoms with E-state index in [2.05, 4.69) is 20.8 Å². The molecule has 0 aromatic heterocycles. The maximum atomic E-state index is 9.98. The quantitative estimate of drug-likeness (QED) is 0.237. The van der Waals surface area contributed by atoms with Crippen molar-refractivity contribution in [3.8, 4) is 0 Å². The van der Waals surface area contributed by atoms with E-state index in [1.807, 2.05) is 6.92 Å². The van der Waals surface area contributed by atoms with E-state index >= 15 is 0 Å². The number of ether oxygens (including phenoxy) is 1. The molecule has 0 spiro atoms. The number of aliphatic hydroxyl groups is 5. The van der Waals surface area contributed by atoms with Crippen molar-refractivity contribution < 1.29 is 30.3 Å². The molecule has 0 fully saturated rings. The van der Waals surface area contributed by atoms with Crippen LogP contribution in [0.1, 0.15) is 91.9 Å². The molecule has 0 aliphatic rings. The van der Waals surface area contributed by atoms with Crippen LogP contribution in [0.25, 0.3) is 0 Å². The van der Waals surface area contributed by atoms with Crippen molar-refractivity contribution in [2.75, 3.05) is 26.4 Å². The van der Waals surface area contributed by atoms with Gasteiger partial charge in [-0.1, -0.05) is 72.6 Å². The van der Waals surface area contributed by atoms with Gasteiger partial charge < -0.3 is 30.3 Å². The fourth-order valence-corrected chi connectivity index (χ4v) is 2.93. The molecular formula is C22H48O6. The Kier molecular flexibility index (Phi) is 21.5. The normalized spacial score (nSPS) is 16.6. The van der Waals surface area contributed by atoms with Gasteiger partial charge in [0.1, 0.15) is 12.2 Å². The maximum absolute atomic E-state index is 9.98. The van der Waals surface area contributed by atoms with Gasteiger partial charge in [0, 0.05) is 6.61 Å². The van der Waals surface area contributed by atoms with Gasteiger partial charge in [0.05, 0.1) is 25.4 Å². The molecule has 4 unspecified atom stereocenters. The molecule has 0 heterocycles. The van der Waals surface area contributed by atoms with Crippen LogP contribution in [0.2, 0.25) is 0 Å². The second-order valence-corrected chi connectivity index (χ2v) is 7.76. The third-order valence-corrected chi connectivity index (χ3v) is 5.29. The molecule has 4 atom stereocenters.